The summed E-state index contributed by atoms with van der Waals surface area (Å²) in [6.45, 7) is 1.14. The molecule has 1 aromatic heterocycles. The van der Waals surface area contributed by atoms with Gasteiger partial charge < -0.3 is 15.8 Å². The second-order valence-corrected chi connectivity index (χ2v) is 4.40. The summed E-state index contributed by atoms with van der Waals surface area (Å²) in [4.78, 5) is 16.5. The molecular formula is C10H17N3O2S. The fraction of sp³-hybridized carbons (Fsp3) is 0.600. The molecule has 0 spiro atoms. The Morgan fingerprint density at radius 1 is 1.75 bits per heavy atom. The fourth-order valence-corrected chi connectivity index (χ4v) is 1.75. The molecule has 0 aromatic carbocycles. The van der Waals surface area contributed by atoms with Crippen LogP contribution in [0.4, 0.5) is 0 Å². The average molecular weight is 243 g/mol. The van der Waals surface area contributed by atoms with E-state index in [-0.39, 0.29) is 5.91 Å². The SMILES string of the molecule is COCCCC(N)C(=O)NCc1cncs1. The fourth-order valence-electron chi connectivity index (χ4n) is 1.21. The van der Waals surface area contributed by atoms with Crippen molar-refractivity contribution in [3.05, 3.63) is 16.6 Å². The molecule has 0 aliphatic carbocycles. The molecule has 0 radical (unpaired) electrons. The van der Waals surface area contributed by atoms with Gasteiger partial charge in [0.2, 0.25) is 5.91 Å². The number of aromatic nitrogens is 1. The van der Waals surface area contributed by atoms with E-state index in [1.54, 1.807) is 18.8 Å². The summed E-state index contributed by atoms with van der Waals surface area (Å²) < 4.78 is 4.90. The van der Waals surface area contributed by atoms with Gasteiger partial charge in [-0.05, 0) is 12.8 Å². The molecule has 5 nitrogen and oxygen atoms in total. The van der Waals surface area contributed by atoms with Gasteiger partial charge in [-0.15, -0.1) is 11.3 Å². The van der Waals surface area contributed by atoms with Crippen LogP contribution >= 0.6 is 11.3 Å². The molecule has 0 saturated carbocycles. The molecule has 6 heteroatoms. The van der Waals surface area contributed by atoms with Crippen molar-refractivity contribution >= 4 is 17.2 Å². The maximum Gasteiger partial charge on any atom is 0.237 e. The van der Waals surface area contributed by atoms with E-state index in [0.29, 0.717) is 19.6 Å². The zero-order chi connectivity index (χ0) is 11.8. The van der Waals surface area contributed by atoms with Crippen LogP contribution in [0.5, 0.6) is 0 Å². The summed E-state index contributed by atoms with van der Waals surface area (Å²) in [7, 11) is 1.63. The van der Waals surface area contributed by atoms with Crippen LogP contribution in [0.2, 0.25) is 0 Å². The van der Waals surface area contributed by atoms with Crippen molar-refractivity contribution in [3.63, 3.8) is 0 Å². The summed E-state index contributed by atoms with van der Waals surface area (Å²) in [5.41, 5.74) is 7.45. The van der Waals surface area contributed by atoms with Gasteiger partial charge in [0.1, 0.15) is 0 Å². The number of thiazole rings is 1. The van der Waals surface area contributed by atoms with Crippen LogP contribution in [0.3, 0.4) is 0 Å². The Hall–Kier alpha value is -0.980. The standard InChI is InChI=1S/C10H17N3O2S/c1-15-4-2-3-9(11)10(14)13-6-8-5-12-7-16-8/h5,7,9H,2-4,6,11H2,1H3,(H,13,14). The molecule has 16 heavy (non-hydrogen) atoms. The lowest BCUT2D eigenvalue weighted by atomic mass is 10.1. The van der Waals surface area contributed by atoms with Gasteiger partial charge in [0.15, 0.2) is 0 Å². The molecule has 0 bridgehead atoms. The minimum atomic E-state index is -0.455. The second kappa shape index (κ2) is 7.32. The molecule has 3 N–H and O–H groups in total. The van der Waals surface area contributed by atoms with E-state index in [1.807, 2.05) is 0 Å². The normalized spacial score (nSPS) is 12.4. The van der Waals surface area contributed by atoms with E-state index in [2.05, 4.69) is 10.3 Å². The third kappa shape index (κ3) is 4.69. The first-order chi connectivity index (χ1) is 7.74. The number of methoxy groups -OCH3 is 1. The number of carbonyl (C=O) groups excluding carboxylic acids is 1. The Kier molecular flexibility index (Phi) is 5.99. The minimum Gasteiger partial charge on any atom is -0.385 e. The number of hydrogen-bond donors (Lipinski definition) is 2. The number of amides is 1. The number of nitrogens with one attached hydrogen (secondary N) is 1. The Morgan fingerprint density at radius 2 is 2.56 bits per heavy atom. The van der Waals surface area contributed by atoms with E-state index >= 15 is 0 Å². The molecule has 0 aliphatic rings. The monoisotopic (exact) mass is 243 g/mol. The first-order valence-electron chi connectivity index (χ1n) is 5.13. The molecule has 90 valence electrons. The third-order valence-electron chi connectivity index (χ3n) is 2.12. The Morgan fingerprint density at radius 3 is 3.19 bits per heavy atom. The molecule has 1 aromatic rings. The maximum atomic E-state index is 11.5. The van der Waals surface area contributed by atoms with Gasteiger partial charge in [-0.2, -0.15) is 0 Å². The molecule has 0 aliphatic heterocycles. The number of ether oxygens (including phenoxy) is 1. The van der Waals surface area contributed by atoms with Crippen molar-refractivity contribution in [1.82, 2.24) is 10.3 Å². The summed E-state index contributed by atoms with van der Waals surface area (Å²) in [5, 5.41) is 2.78. The van der Waals surface area contributed by atoms with E-state index in [9.17, 15) is 4.79 Å². The van der Waals surface area contributed by atoms with E-state index in [1.165, 1.54) is 11.3 Å². The molecule has 1 atom stereocenters. The molecular weight excluding hydrogens is 226 g/mol. The van der Waals surface area contributed by atoms with Crippen LogP contribution in [0, 0.1) is 0 Å². The van der Waals surface area contributed by atoms with Crippen LogP contribution in [0.1, 0.15) is 17.7 Å². The smallest absolute Gasteiger partial charge is 0.237 e. The van der Waals surface area contributed by atoms with Crippen molar-refractivity contribution in [2.75, 3.05) is 13.7 Å². The Labute approximate surface area is 99.0 Å². The lowest BCUT2D eigenvalue weighted by Gasteiger charge is -2.11. The zero-order valence-electron chi connectivity index (χ0n) is 9.31. The highest BCUT2D eigenvalue weighted by atomic mass is 32.1. The van der Waals surface area contributed by atoms with Crippen LogP contribution in [-0.2, 0) is 16.1 Å². The van der Waals surface area contributed by atoms with Gasteiger partial charge in [0.25, 0.3) is 0 Å². The highest BCUT2D eigenvalue weighted by molar-refractivity contribution is 7.09. The Bertz CT molecular complexity index is 303. The van der Waals surface area contributed by atoms with Crippen molar-refractivity contribution in [1.29, 1.82) is 0 Å². The predicted octanol–water partition coefficient (Wildman–Crippen LogP) is 0.513. The number of hydrogen-bond acceptors (Lipinski definition) is 5. The summed E-state index contributed by atoms with van der Waals surface area (Å²) >= 11 is 1.51. The number of carbonyl (C=O) groups is 1. The zero-order valence-corrected chi connectivity index (χ0v) is 10.1. The maximum absolute atomic E-state index is 11.5. The van der Waals surface area contributed by atoms with Crippen LogP contribution in [-0.4, -0.2) is 30.6 Å². The largest absolute Gasteiger partial charge is 0.385 e. The van der Waals surface area contributed by atoms with Gasteiger partial charge >= 0.3 is 0 Å². The lowest BCUT2D eigenvalue weighted by molar-refractivity contribution is -0.122. The van der Waals surface area contributed by atoms with Gasteiger partial charge in [0, 0.05) is 24.8 Å². The average Bonchev–Trinajstić information content (AvgIpc) is 2.79. The molecule has 1 heterocycles. The molecule has 0 saturated heterocycles. The van der Waals surface area contributed by atoms with E-state index in [4.69, 9.17) is 10.5 Å². The van der Waals surface area contributed by atoms with E-state index in [0.717, 1.165) is 11.3 Å². The Balaban J connectivity index is 2.18. The van der Waals surface area contributed by atoms with E-state index < -0.39 is 6.04 Å². The first-order valence-corrected chi connectivity index (χ1v) is 6.01. The van der Waals surface area contributed by atoms with Gasteiger partial charge in [0.05, 0.1) is 18.1 Å². The first kappa shape index (κ1) is 13.1. The predicted molar refractivity (Wildman–Crippen MR) is 63.0 cm³/mol. The van der Waals surface area contributed by atoms with Crippen LogP contribution in [0.25, 0.3) is 0 Å². The number of rotatable bonds is 7. The van der Waals surface area contributed by atoms with Crippen molar-refractivity contribution in [3.8, 4) is 0 Å². The highest BCUT2D eigenvalue weighted by Crippen LogP contribution is 2.04. The molecule has 1 rings (SSSR count). The van der Waals surface area contributed by atoms with Crippen molar-refractivity contribution in [2.45, 2.75) is 25.4 Å². The quantitative estimate of drug-likeness (QED) is 0.684. The molecule has 1 unspecified atom stereocenters. The van der Waals surface area contributed by atoms with Crippen LogP contribution in [0.15, 0.2) is 11.7 Å². The number of nitrogens with zero attached hydrogens (tertiary/aromatic N) is 1. The van der Waals surface area contributed by atoms with Gasteiger partial charge in [-0.3, -0.25) is 9.78 Å². The molecule has 1 amide bonds. The minimum absolute atomic E-state index is 0.121. The highest BCUT2D eigenvalue weighted by Gasteiger charge is 2.12. The van der Waals surface area contributed by atoms with Gasteiger partial charge in [-0.1, -0.05) is 0 Å². The summed E-state index contributed by atoms with van der Waals surface area (Å²) in [6, 6.07) is -0.455. The summed E-state index contributed by atoms with van der Waals surface area (Å²) in [6.07, 6.45) is 3.18. The van der Waals surface area contributed by atoms with Gasteiger partial charge in [-0.25, -0.2) is 0 Å². The van der Waals surface area contributed by atoms with Crippen molar-refractivity contribution < 1.29 is 9.53 Å². The summed E-state index contributed by atoms with van der Waals surface area (Å²) in [5.74, 6) is -0.121. The lowest BCUT2D eigenvalue weighted by Crippen LogP contribution is -2.40. The van der Waals surface area contributed by atoms with Crippen molar-refractivity contribution in [2.24, 2.45) is 5.73 Å². The number of nitrogens with two attached hydrogens (primary N) is 1. The van der Waals surface area contributed by atoms with Crippen LogP contribution < -0.4 is 11.1 Å². The molecule has 0 fully saturated rings. The topological polar surface area (TPSA) is 77.2 Å². The second-order valence-electron chi connectivity index (χ2n) is 3.43. The third-order valence-corrected chi connectivity index (χ3v) is 2.90.